The van der Waals surface area contributed by atoms with Gasteiger partial charge in [0, 0.05) is 22.6 Å². The number of non-ortho nitro benzene ring substituents is 1. The minimum Gasteiger partial charge on any atom is -0.402 e. The summed E-state index contributed by atoms with van der Waals surface area (Å²) in [7, 11) is 0. The Morgan fingerprint density at radius 2 is 2.14 bits per heavy atom. The van der Waals surface area contributed by atoms with Crippen molar-refractivity contribution in [2.45, 2.75) is 0 Å². The molecule has 2 aromatic rings. The van der Waals surface area contributed by atoms with Gasteiger partial charge in [0.25, 0.3) is 5.69 Å². The lowest BCUT2D eigenvalue weighted by molar-refractivity contribution is -0.384. The Morgan fingerprint density at radius 1 is 1.32 bits per heavy atom. The molecule has 0 saturated heterocycles. The standard InChI is InChI=1S/C14H7BrN2O4S/c15-12-5-4-10(22-12)7-11-14(18)21-13(16-11)8-2-1-3-9(6-8)17(19)20/h1-7H/b11-7-. The number of nitro benzene ring substituents is 1. The summed E-state index contributed by atoms with van der Waals surface area (Å²) in [6.45, 7) is 0. The molecule has 1 aliphatic heterocycles. The van der Waals surface area contributed by atoms with Crippen molar-refractivity contribution in [3.63, 3.8) is 0 Å². The Balaban J connectivity index is 1.94. The average molecular weight is 379 g/mol. The lowest BCUT2D eigenvalue weighted by Gasteiger charge is -1.98. The highest BCUT2D eigenvalue weighted by Crippen LogP contribution is 2.26. The van der Waals surface area contributed by atoms with Gasteiger partial charge in [0.05, 0.1) is 8.71 Å². The molecule has 6 nitrogen and oxygen atoms in total. The number of hydrogen-bond acceptors (Lipinski definition) is 6. The first-order valence-electron chi connectivity index (χ1n) is 6.05. The zero-order valence-corrected chi connectivity index (χ0v) is 13.3. The van der Waals surface area contributed by atoms with Crippen molar-refractivity contribution >= 4 is 50.9 Å². The van der Waals surface area contributed by atoms with Crippen LogP contribution >= 0.6 is 27.3 Å². The number of carbonyl (C=O) groups is 1. The molecular formula is C14H7BrN2O4S. The Morgan fingerprint density at radius 3 is 2.82 bits per heavy atom. The SMILES string of the molecule is O=C1OC(c2cccc([N+](=O)[O-])c2)=N/C1=C\c1ccc(Br)s1. The van der Waals surface area contributed by atoms with E-state index in [4.69, 9.17) is 4.74 Å². The quantitative estimate of drug-likeness (QED) is 0.352. The fourth-order valence-electron chi connectivity index (χ4n) is 1.83. The van der Waals surface area contributed by atoms with Crippen LogP contribution in [0.15, 0.2) is 50.9 Å². The Kier molecular flexibility index (Phi) is 3.86. The zero-order valence-electron chi connectivity index (χ0n) is 10.9. The minimum absolute atomic E-state index is 0.0653. The molecule has 3 rings (SSSR count). The molecule has 1 aromatic carbocycles. The average Bonchev–Trinajstić information content (AvgIpc) is 3.06. The number of hydrogen-bond donors (Lipinski definition) is 0. The number of nitro groups is 1. The second-order valence-corrected chi connectivity index (χ2v) is 6.78. The summed E-state index contributed by atoms with van der Waals surface area (Å²) in [6, 6.07) is 9.50. The van der Waals surface area contributed by atoms with E-state index in [0.717, 1.165) is 8.66 Å². The first-order chi connectivity index (χ1) is 10.5. The molecule has 0 unspecified atom stereocenters. The van der Waals surface area contributed by atoms with Crippen molar-refractivity contribution in [2.75, 3.05) is 0 Å². The normalized spacial score (nSPS) is 15.8. The zero-order chi connectivity index (χ0) is 15.7. The van der Waals surface area contributed by atoms with Gasteiger partial charge in [0.15, 0.2) is 5.70 Å². The summed E-state index contributed by atoms with van der Waals surface area (Å²) in [5.41, 5.74) is 0.463. The number of halogens is 1. The number of nitrogens with zero attached hydrogens (tertiary/aromatic N) is 2. The number of cyclic esters (lactones) is 1. The number of rotatable bonds is 3. The monoisotopic (exact) mass is 378 g/mol. The fourth-order valence-corrected chi connectivity index (χ4v) is 3.19. The van der Waals surface area contributed by atoms with Crippen molar-refractivity contribution in [3.05, 3.63) is 66.4 Å². The highest BCUT2D eigenvalue weighted by atomic mass is 79.9. The van der Waals surface area contributed by atoms with Crippen molar-refractivity contribution in [3.8, 4) is 0 Å². The third-order valence-electron chi connectivity index (χ3n) is 2.80. The molecule has 0 radical (unpaired) electrons. The predicted molar refractivity (Wildman–Crippen MR) is 85.7 cm³/mol. The summed E-state index contributed by atoms with van der Waals surface area (Å²) in [4.78, 5) is 27.1. The van der Waals surface area contributed by atoms with E-state index in [1.54, 1.807) is 12.1 Å². The van der Waals surface area contributed by atoms with Crippen LogP contribution in [0.25, 0.3) is 6.08 Å². The third kappa shape index (κ3) is 2.97. The molecule has 110 valence electrons. The summed E-state index contributed by atoms with van der Waals surface area (Å²) < 4.78 is 6.03. The summed E-state index contributed by atoms with van der Waals surface area (Å²) >= 11 is 4.79. The van der Waals surface area contributed by atoms with E-state index < -0.39 is 10.9 Å². The molecule has 0 aliphatic carbocycles. The van der Waals surface area contributed by atoms with E-state index in [2.05, 4.69) is 20.9 Å². The highest BCUT2D eigenvalue weighted by Gasteiger charge is 2.25. The molecule has 0 atom stereocenters. The van der Waals surface area contributed by atoms with Crippen LogP contribution in [0.3, 0.4) is 0 Å². The largest absolute Gasteiger partial charge is 0.402 e. The Labute approximate surface area is 137 Å². The van der Waals surface area contributed by atoms with Crippen LogP contribution in [0.1, 0.15) is 10.4 Å². The molecule has 2 heterocycles. The van der Waals surface area contributed by atoms with Gasteiger partial charge in [-0.3, -0.25) is 10.1 Å². The lowest BCUT2D eigenvalue weighted by atomic mass is 10.2. The number of ether oxygens (including phenoxy) is 1. The molecule has 0 bridgehead atoms. The molecule has 0 N–H and O–H groups in total. The van der Waals surface area contributed by atoms with Crippen molar-refractivity contribution in [2.24, 2.45) is 4.99 Å². The molecule has 0 amide bonds. The van der Waals surface area contributed by atoms with Crippen LogP contribution in [0.2, 0.25) is 0 Å². The maximum Gasteiger partial charge on any atom is 0.363 e. The molecule has 1 aromatic heterocycles. The van der Waals surface area contributed by atoms with E-state index in [1.807, 2.05) is 12.1 Å². The third-order valence-corrected chi connectivity index (χ3v) is 4.37. The van der Waals surface area contributed by atoms with Gasteiger partial charge in [-0.05, 0) is 40.2 Å². The van der Waals surface area contributed by atoms with E-state index >= 15 is 0 Å². The van der Waals surface area contributed by atoms with Crippen LogP contribution in [0.4, 0.5) is 5.69 Å². The summed E-state index contributed by atoms with van der Waals surface area (Å²) in [5, 5.41) is 10.8. The highest BCUT2D eigenvalue weighted by molar-refractivity contribution is 9.11. The second-order valence-electron chi connectivity index (χ2n) is 4.29. The number of esters is 1. The molecular weight excluding hydrogens is 372 g/mol. The first kappa shape index (κ1) is 14.6. The van der Waals surface area contributed by atoms with Crippen LogP contribution in [0, 0.1) is 10.1 Å². The Hall–Kier alpha value is -2.32. The van der Waals surface area contributed by atoms with Crippen molar-refractivity contribution in [1.82, 2.24) is 0 Å². The van der Waals surface area contributed by atoms with Gasteiger partial charge < -0.3 is 4.74 Å². The van der Waals surface area contributed by atoms with E-state index in [0.29, 0.717) is 5.56 Å². The van der Waals surface area contributed by atoms with Crippen LogP contribution in [-0.2, 0) is 9.53 Å². The molecule has 0 saturated carbocycles. The molecule has 8 heteroatoms. The maximum absolute atomic E-state index is 11.8. The van der Waals surface area contributed by atoms with Gasteiger partial charge >= 0.3 is 5.97 Å². The van der Waals surface area contributed by atoms with Crippen LogP contribution in [-0.4, -0.2) is 16.8 Å². The molecule has 1 aliphatic rings. The van der Waals surface area contributed by atoms with E-state index in [1.165, 1.54) is 29.5 Å². The van der Waals surface area contributed by atoms with E-state index in [-0.39, 0.29) is 17.3 Å². The van der Waals surface area contributed by atoms with E-state index in [9.17, 15) is 14.9 Å². The van der Waals surface area contributed by atoms with Gasteiger partial charge in [-0.25, -0.2) is 9.79 Å². The second kappa shape index (κ2) is 5.82. The van der Waals surface area contributed by atoms with Gasteiger partial charge in [0.1, 0.15) is 0 Å². The van der Waals surface area contributed by atoms with Gasteiger partial charge in [-0.15, -0.1) is 11.3 Å². The van der Waals surface area contributed by atoms with Crippen LogP contribution in [0.5, 0.6) is 0 Å². The smallest absolute Gasteiger partial charge is 0.363 e. The molecule has 0 spiro atoms. The number of carbonyl (C=O) groups excluding carboxylic acids is 1. The topological polar surface area (TPSA) is 81.8 Å². The number of thiophene rings is 1. The van der Waals surface area contributed by atoms with Crippen LogP contribution < -0.4 is 0 Å². The van der Waals surface area contributed by atoms with Gasteiger partial charge in [-0.1, -0.05) is 6.07 Å². The van der Waals surface area contributed by atoms with Crippen molar-refractivity contribution < 1.29 is 14.5 Å². The van der Waals surface area contributed by atoms with Gasteiger partial charge in [-0.2, -0.15) is 0 Å². The maximum atomic E-state index is 11.8. The lowest BCUT2D eigenvalue weighted by Crippen LogP contribution is -2.05. The first-order valence-corrected chi connectivity index (χ1v) is 7.66. The fraction of sp³-hybridized carbons (Fsp3) is 0. The minimum atomic E-state index is -0.578. The molecule has 22 heavy (non-hydrogen) atoms. The summed E-state index contributed by atoms with van der Waals surface area (Å²) in [5.74, 6) is -0.512. The van der Waals surface area contributed by atoms with Gasteiger partial charge in [0.2, 0.25) is 5.90 Å². The summed E-state index contributed by atoms with van der Waals surface area (Å²) in [6.07, 6.45) is 1.61. The number of aliphatic imine (C=N–C) groups is 1. The predicted octanol–water partition coefficient (Wildman–Crippen LogP) is 3.76. The van der Waals surface area contributed by atoms with Crippen molar-refractivity contribution in [1.29, 1.82) is 0 Å². The number of benzene rings is 1. The molecule has 0 fully saturated rings. The Bertz CT molecular complexity index is 841.